The zero-order chi connectivity index (χ0) is 12.8. The molecule has 0 unspecified atom stereocenters. The van der Waals surface area contributed by atoms with Crippen molar-refractivity contribution in [3.05, 3.63) is 23.8 Å². The van der Waals surface area contributed by atoms with E-state index in [-0.39, 0.29) is 5.91 Å². The van der Waals surface area contributed by atoms with E-state index in [1.807, 2.05) is 32.9 Å². The van der Waals surface area contributed by atoms with E-state index in [0.717, 1.165) is 24.3 Å². The molecule has 0 saturated carbocycles. The van der Waals surface area contributed by atoms with Gasteiger partial charge in [-0.15, -0.1) is 0 Å². The molecule has 94 valence electrons. The van der Waals surface area contributed by atoms with Gasteiger partial charge in [-0.2, -0.15) is 0 Å². The van der Waals surface area contributed by atoms with E-state index < -0.39 is 0 Å². The molecule has 3 N–H and O–H groups in total. The smallest absolute Gasteiger partial charge is 0.238 e. The molecule has 0 heterocycles. The van der Waals surface area contributed by atoms with Gasteiger partial charge in [0.25, 0.3) is 0 Å². The van der Waals surface area contributed by atoms with E-state index in [2.05, 4.69) is 10.2 Å². The van der Waals surface area contributed by atoms with Crippen molar-refractivity contribution in [3.8, 4) is 0 Å². The molecule has 1 amide bonds. The molecule has 0 aliphatic rings. The Morgan fingerprint density at radius 1 is 1.35 bits per heavy atom. The largest absolute Gasteiger partial charge is 0.399 e. The van der Waals surface area contributed by atoms with Gasteiger partial charge in [0.15, 0.2) is 0 Å². The van der Waals surface area contributed by atoms with Gasteiger partial charge in [-0.25, -0.2) is 0 Å². The molecule has 4 nitrogen and oxygen atoms in total. The number of likely N-dealkylation sites (N-methyl/N-ethyl adjacent to an activating group) is 1. The third-order valence-electron chi connectivity index (χ3n) is 2.79. The van der Waals surface area contributed by atoms with Crippen molar-refractivity contribution in [2.45, 2.75) is 20.8 Å². The molecule has 0 aromatic heterocycles. The molecule has 0 atom stereocenters. The monoisotopic (exact) mass is 235 g/mol. The van der Waals surface area contributed by atoms with Crippen LogP contribution in [0.4, 0.5) is 11.4 Å². The summed E-state index contributed by atoms with van der Waals surface area (Å²) >= 11 is 0. The van der Waals surface area contributed by atoms with Gasteiger partial charge in [0.05, 0.1) is 6.54 Å². The van der Waals surface area contributed by atoms with Crippen molar-refractivity contribution in [1.29, 1.82) is 0 Å². The molecule has 0 saturated heterocycles. The highest BCUT2D eigenvalue weighted by molar-refractivity contribution is 5.93. The maximum absolute atomic E-state index is 11.8. The first-order chi connectivity index (χ1) is 8.06. The molecule has 17 heavy (non-hydrogen) atoms. The number of nitrogens with zero attached hydrogens (tertiary/aromatic N) is 1. The summed E-state index contributed by atoms with van der Waals surface area (Å²) in [4.78, 5) is 13.9. The van der Waals surface area contributed by atoms with Crippen molar-refractivity contribution in [2.24, 2.45) is 0 Å². The fraction of sp³-hybridized carbons (Fsp3) is 0.462. The molecular weight excluding hydrogens is 214 g/mol. The Labute approximate surface area is 103 Å². The Kier molecular flexibility index (Phi) is 4.97. The van der Waals surface area contributed by atoms with E-state index >= 15 is 0 Å². The Bertz CT molecular complexity index is 386. The van der Waals surface area contributed by atoms with E-state index in [9.17, 15) is 4.79 Å². The number of rotatable bonds is 5. The lowest BCUT2D eigenvalue weighted by Crippen LogP contribution is -2.33. The molecule has 4 heteroatoms. The second-order valence-electron chi connectivity index (χ2n) is 4.08. The highest BCUT2D eigenvalue weighted by Crippen LogP contribution is 2.17. The standard InChI is InChI=1S/C13H21N3O/c1-4-16(5-2)9-13(17)15-12-7-6-11(14)8-10(12)3/h6-8H,4-5,9,14H2,1-3H3,(H,15,17). The first-order valence-corrected chi connectivity index (χ1v) is 5.95. The Morgan fingerprint density at radius 2 is 2.00 bits per heavy atom. The van der Waals surface area contributed by atoms with Gasteiger partial charge in [-0.1, -0.05) is 13.8 Å². The van der Waals surface area contributed by atoms with Crippen LogP contribution in [0.5, 0.6) is 0 Å². The third-order valence-corrected chi connectivity index (χ3v) is 2.79. The summed E-state index contributed by atoms with van der Waals surface area (Å²) in [6.07, 6.45) is 0. The van der Waals surface area contributed by atoms with Crippen LogP contribution in [0.15, 0.2) is 18.2 Å². The number of hydrogen-bond acceptors (Lipinski definition) is 3. The number of nitrogens with one attached hydrogen (secondary N) is 1. The van der Waals surface area contributed by atoms with Crippen LogP contribution in [-0.2, 0) is 4.79 Å². The Hall–Kier alpha value is -1.55. The first kappa shape index (κ1) is 13.5. The van der Waals surface area contributed by atoms with Gasteiger partial charge in [-0.3, -0.25) is 9.69 Å². The molecule has 1 aromatic carbocycles. The zero-order valence-electron chi connectivity index (χ0n) is 10.8. The normalized spacial score (nSPS) is 10.6. The van der Waals surface area contributed by atoms with E-state index in [0.29, 0.717) is 12.2 Å². The fourth-order valence-electron chi connectivity index (χ4n) is 1.67. The number of benzene rings is 1. The van der Waals surface area contributed by atoms with E-state index in [1.54, 1.807) is 6.07 Å². The average Bonchev–Trinajstić information content (AvgIpc) is 2.29. The first-order valence-electron chi connectivity index (χ1n) is 5.95. The van der Waals surface area contributed by atoms with Crippen LogP contribution in [0, 0.1) is 6.92 Å². The van der Waals surface area contributed by atoms with Gasteiger partial charge in [-0.05, 0) is 43.8 Å². The lowest BCUT2D eigenvalue weighted by molar-refractivity contribution is -0.117. The van der Waals surface area contributed by atoms with Crippen LogP contribution in [0.25, 0.3) is 0 Å². The molecule has 0 radical (unpaired) electrons. The zero-order valence-corrected chi connectivity index (χ0v) is 10.8. The summed E-state index contributed by atoms with van der Waals surface area (Å²) in [6, 6.07) is 5.48. The number of amides is 1. The van der Waals surface area contributed by atoms with Gasteiger partial charge >= 0.3 is 0 Å². The number of anilines is 2. The minimum atomic E-state index is 0.0153. The predicted molar refractivity (Wildman–Crippen MR) is 72.0 cm³/mol. The van der Waals surface area contributed by atoms with Crippen molar-refractivity contribution < 1.29 is 4.79 Å². The van der Waals surface area contributed by atoms with Crippen LogP contribution in [0.1, 0.15) is 19.4 Å². The van der Waals surface area contributed by atoms with E-state index in [4.69, 9.17) is 5.73 Å². The summed E-state index contributed by atoms with van der Waals surface area (Å²) < 4.78 is 0. The van der Waals surface area contributed by atoms with Crippen LogP contribution in [-0.4, -0.2) is 30.4 Å². The van der Waals surface area contributed by atoms with Gasteiger partial charge in [0, 0.05) is 11.4 Å². The maximum Gasteiger partial charge on any atom is 0.238 e. The predicted octanol–water partition coefficient (Wildman–Crippen LogP) is 1.86. The van der Waals surface area contributed by atoms with Crippen LogP contribution >= 0.6 is 0 Å². The van der Waals surface area contributed by atoms with Gasteiger partial charge in [0.1, 0.15) is 0 Å². The Morgan fingerprint density at radius 3 is 2.53 bits per heavy atom. The van der Waals surface area contributed by atoms with Crippen molar-refractivity contribution in [1.82, 2.24) is 4.90 Å². The molecule has 0 bridgehead atoms. The minimum absolute atomic E-state index is 0.0153. The van der Waals surface area contributed by atoms with Crippen molar-refractivity contribution >= 4 is 17.3 Å². The van der Waals surface area contributed by atoms with Crippen molar-refractivity contribution in [2.75, 3.05) is 30.7 Å². The highest BCUT2D eigenvalue weighted by atomic mass is 16.2. The SMILES string of the molecule is CCN(CC)CC(=O)Nc1ccc(N)cc1C. The molecule has 0 aliphatic carbocycles. The van der Waals surface area contributed by atoms with Crippen LogP contribution in [0.3, 0.4) is 0 Å². The highest BCUT2D eigenvalue weighted by Gasteiger charge is 2.08. The third kappa shape index (κ3) is 4.07. The summed E-state index contributed by atoms with van der Waals surface area (Å²) in [5, 5.41) is 2.90. The molecule has 1 rings (SSSR count). The van der Waals surface area contributed by atoms with E-state index in [1.165, 1.54) is 0 Å². The van der Waals surface area contributed by atoms with Gasteiger partial charge in [0.2, 0.25) is 5.91 Å². The molecule has 1 aromatic rings. The topological polar surface area (TPSA) is 58.4 Å². The van der Waals surface area contributed by atoms with Crippen LogP contribution in [0.2, 0.25) is 0 Å². The minimum Gasteiger partial charge on any atom is -0.399 e. The number of nitrogens with two attached hydrogens (primary N) is 1. The summed E-state index contributed by atoms with van der Waals surface area (Å²) in [5.74, 6) is 0.0153. The average molecular weight is 235 g/mol. The number of nitrogen functional groups attached to an aromatic ring is 1. The summed E-state index contributed by atoms with van der Waals surface area (Å²) in [6.45, 7) is 8.21. The number of carbonyl (C=O) groups excluding carboxylic acids is 1. The molecule has 0 aliphatic heterocycles. The second kappa shape index (κ2) is 6.25. The quantitative estimate of drug-likeness (QED) is 0.766. The van der Waals surface area contributed by atoms with Crippen LogP contribution < -0.4 is 11.1 Å². The lowest BCUT2D eigenvalue weighted by Gasteiger charge is -2.17. The number of carbonyl (C=O) groups is 1. The lowest BCUT2D eigenvalue weighted by atomic mass is 10.2. The molecule has 0 fully saturated rings. The maximum atomic E-state index is 11.8. The molecule has 0 spiro atoms. The second-order valence-corrected chi connectivity index (χ2v) is 4.08. The number of hydrogen-bond donors (Lipinski definition) is 2. The van der Waals surface area contributed by atoms with Crippen molar-refractivity contribution in [3.63, 3.8) is 0 Å². The number of aryl methyl sites for hydroxylation is 1. The fourth-order valence-corrected chi connectivity index (χ4v) is 1.67. The Balaban J connectivity index is 2.62. The summed E-state index contributed by atoms with van der Waals surface area (Å²) in [7, 11) is 0. The molecular formula is C13H21N3O. The summed E-state index contributed by atoms with van der Waals surface area (Å²) in [5.41, 5.74) is 8.19. The van der Waals surface area contributed by atoms with Gasteiger partial charge < -0.3 is 11.1 Å².